The first-order valence-corrected chi connectivity index (χ1v) is 6.26. The van der Waals surface area contributed by atoms with Gasteiger partial charge in [-0.05, 0) is 40.3 Å². The van der Waals surface area contributed by atoms with E-state index >= 15 is 0 Å². The third-order valence-electron chi connectivity index (χ3n) is 2.16. The SMILES string of the molecule is Nc1ncn(CC(=O)OCc2ccc(I)cc2)n1. The molecule has 18 heavy (non-hydrogen) atoms. The number of hydrogen-bond acceptors (Lipinski definition) is 5. The Morgan fingerprint density at radius 1 is 1.39 bits per heavy atom. The van der Waals surface area contributed by atoms with Crippen molar-refractivity contribution >= 4 is 34.5 Å². The van der Waals surface area contributed by atoms with Crippen molar-refractivity contribution in [2.75, 3.05) is 5.73 Å². The molecule has 0 spiro atoms. The van der Waals surface area contributed by atoms with Crippen LogP contribution in [0.25, 0.3) is 0 Å². The fourth-order valence-electron chi connectivity index (χ4n) is 1.31. The van der Waals surface area contributed by atoms with E-state index in [1.165, 1.54) is 11.0 Å². The van der Waals surface area contributed by atoms with Crippen LogP contribution in [0.1, 0.15) is 5.56 Å². The smallest absolute Gasteiger partial charge is 0.328 e. The van der Waals surface area contributed by atoms with Gasteiger partial charge >= 0.3 is 5.97 Å². The Bertz CT molecular complexity index is 538. The molecule has 2 rings (SSSR count). The molecule has 94 valence electrons. The molecular formula is C11H11IN4O2. The average Bonchev–Trinajstić information content (AvgIpc) is 2.74. The summed E-state index contributed by atoms with van der Waals surface area (Å²) in [6.45, 7) is 0.258. The van der Waals surface area contributed by atoms with Crippen molar-refractivity contribution in [2.45, 2.75) is 13.2 Å². The molecule has 1 aromatic carbocycles. The second-order valence-corrected chi connectivity index (χ2v) is 4.83. The van der Waals surface area contributed by atoms with Gasteiger partial charge in [-0.25, -0.2) is 9.67 Å². The van der Waals surface area contributed by atoms with Gasteiger partial charge in [0.05, 0.1) is 0 Å². The second kappa shape index (κ2) is 5.80. The number of rotatable bonds is 4. The molecule has 0 saturated heterocycles. The molecule has 0 bridgehead atoms. The van der Waals surface area contributed by atoms with Crippen LogP contribution in [0.2, 0.25) is 0 Å². The van der Waals surface area contributed by atoms with E-state index in [-0.39, 0.29) is 25.1 Å². The molecule has 7 heteroatoms. The van der Waals surface area contributed by atoms with Crippen LogP contribution in [0.4, 0.5) is 5.95 Å². The molecular weight excluding hydrogens is 347 g/mol. The van der Waals surface area contributed by atoms with Crippen LogP contribution in [0.5, 0.6) is 0 Å². The van der Waals surface area contributed by atoms with Crippen LogP contribution in [-0.2, 0) is 22.7 Å². The number of nitrogen functional groups attached to an aromatic ring is 1. The van der Waals surface area contributed by atoms with Crippen molar-refractivity contribution in [1.29, 1.82) is 0 Å². The van der Waals surface area contributed by atoms with Gasteiger partial charge in [0.2, 0.25) is 5.95 Å². The Morgan fingerprint density at radius 2 is 2.11 bits per heavy atom. The van der Waals surface area contributed by atoms with Gasteiger partial charge in [0.25, 0.3) is 0 Å². The number of benzene rings is 1. The van der Waals surface area contributed by atoms with E-state index in [1.54, 1.807) is 0 Å². The summed E-state index contributed by atoms with van der Waals surface area (Å²) in [6.07, 6.45) is 1.39. The Labute approximate surface area is 117 Å². The van der Waals surface area contributed by atoms with Crippen LogP contribution in [0, 0.1) is 3.57 Å². The molecule has 1 aromatic heterocycles. The van der Waals surface area contributed by atoms with Crippen molar-refractivity contribution < 1.29 is 9.53 Å². The maximum atomic E-state index is 11.5. The summed E-state index contributed by atoms with van der Waals surface area (Å²) >= 11 is 2.22. The van der Waals surface area contributed by atoms with E-state index < -0.39 is 0 Å². The van der Waals surface area contributed by atoms with Crippen LogP contribution in [0.3, 0.4) is 0 Å². The fraction of sp³-hybridized carbons (Fsp3) is 0.182. The van der Waals surface area contributed by atoms with Crippen molar-refractivity contribution in [2.24, 2.45) is 0 Å². The summed E-state index contributed by atoms with van der Waals surface area (Å²) in [7, 11) is 0. The van der Waals surface area contributed by atoms with Crippen molar-refractivity contribution in [3.05, 3.63) is 39.7 Å². The van der Waals surface area contributed by atoms with E-state index in [2.05, 4.69) is 32.7 Å². The Kier molecular flexibility index (Phi) is 4.13. The Hall–Kier alpha value is -1.64. The molecule has 2 N–H and O–H groups in total. The molecule has 0 amide bonds. The largest absolute Gasteiger partial charge is 0.459 e. The topological polar surface area (TPSA) is 83.0 Å². The van der Waals surface area contributed by atoms with Crippen LogP contribution < -0.4 is 5.73 Å². The van der Waals surface area contributed by atoms with Crippen molar-refractivity contribution in [1.82, 2.24) is 14.8 Å². The fourth-order valence-corrected chi connectivity index (χ4v) is 1.67. The Balaban J connectivity index is 1.83. The average molecular weight is 358 g/mol. The number of halogens is 1. The van der Waals surface area contributed by atoms with E-state index in [0.29, 0.717) is 0 Å². The minimum absolute atomic E-state index is 0.00850. The minimum Gasteiger partial charge on any atom is -0.459 e. The number of hydrogen-bond donors (Lipinski definition) is 1. The zero-order valence-electron chi connectivity index (χ0n) is 9.41. The van der Waals surface area contributed by atoms with Crippen molar-refractivity contribution in [3.63, 3.8) is 0 Å². The van der Waals surface area contributed by atoms with Gasteiger partial charge < -0.3 is 10.5 Å². The van der Waals surface area contributed by atoms with Crippen LogP contribution >= 0.6 is 22.6 Å². The van der Waals surface area contributed by atoms with Gasteiger partial charge in [-0.15, -0.1) is 5.10 Å². The molecule has 0 unspecified atom stereocenters. The molecule has 6 nitrogen and oxygen atoms in total. The minimum atomic E-state index is -0.376. The van der Waals surface area contributed by atoms with Gasteiger partial charge in [0.15, 0.2) is 0 Å². The molecule has 0 atom stereocenters. The number of anilines is 1. The highest BCUT2D eigenvalue weighted by Gasteiger charge is 2.06. The first-order chi connectivity index (χ1) is 8.63. The third-order valence-corrected chi connectivity index (χ3v) is 2.88. The summed E-state index contributed by atoms with van der Waals surface area (Å²) in [4.78, 5) is 15.2. The van der Waals surface area contributed by atoms with Gasteiger partial charge in [-0.1, -0.05) is 12.1 Å². The van der Waals surface area contributed by atoms with E-state index in [0.717, 1.165) is 9.13 Å². The molecule has 0 aliphatic rings. The molecule has 0 aliphatic carbocycles. The van der Waals surface area contributed by atoms with Crippen LogP contribution in [0.15, 0.2) is 30.6 Å². The molecule has 0 saturated carbocycles. The highest BCUT2D eigenvalue weighted by atomic mass is 127. The molecule has 0 fully saturated rings. The first kappa shape index (κ1) is 12.8. The number of nitrogens with zero attached hydrogens (tertiary/aromatic N) is 3. The van der Waals surface area contributed by atoms with Gasteiger partial charge in [0.1, 0.15) is 19.5 Å². The third kappa shape index (κ3) is 3.69. The lowest BCUT2D eigenvalue weighted by atomic mass is 10.2. The van der Waals surface area contributed by atoms with Gasteiger partial charge in [0, 0.05) is 3.57 Å². The first-order valence-electron chi connectivity index (χ1n) is 5.18. The standard InChI is InChI=1S/C11H11IN4O2/c12-9-3-1-8(2-4-9)6-18-10(17)5-16-7-14-11(13)15-16/h1-4,7H,5-6H2,(H2,13,15). The highest BCUT2D eigenvalue weighted by Crippen LogP contribution is 2.07. The lowest BCUT2D eigenvalue weighted by Gasteiger charge is -2.04. The predicted molar refractivity (Wildman–Crippen MR) is 73.4 cm³/mol. The number of nitrogens with two attached hydrogens (primary N) is 1. The zero-order chi connectivity index (χ0) is 13.0. The van der Waals surface area contributed by atoms with E-state index in [1.807, 2.05) is 24.3 Å². The van der Waals surface area contributed by atoms with Crippen molar-refractivity contribution in [3.8, 4) is 0 Å². The Morgan fingerprint density at radius 3 is 2.72 bits per heavy atom. The zero-order valence-corrected chi connectivity index (χ0v) is 11.6. The number of ether oxygens (including phenoxy) is 1. The number of esters is 1. The summed E-state index contributed by atoms with van der Waals surface area (Å²) in [6, 6.07) is 7.76. The summed E-state index contributed by atoms with van der Waals surface area (Å²) in [5.41, 5.74) is 6.28. The second-order valence-electron chi connectivity index (χ2n) is 3.59. The van der Waals surface area contributed by atoms with Gasteiger partial charge in [-0.3, -0.25) is 4.79 Å². The van der Waals surface area contributed by atoms with Gasteiger partial charge in [-0.2, -0.15) is 0 Å². The lowest BCUT2D eigenvalue weighted by Crippen LogP contribution is -2.14. The maximum absolute atomic E-state index is 11.5. The molecule has 1 heterocycles. The molecule has 2 aromatic rings. The maximum Gasteiger partial charge on any atom is 0.328 e. The monoisotopic (exact) mass is 358 g/mol. The molecule has 0 radical (unpaired) electrons. The number of carbonyl (C=O) groups is 1. The predicted octanol–water partition coefficient (Wildman–Crippen LogP) is 1.21. The van der Waals surface area contributed by atoms with E-state index in [4.69, 9.17) is 10.5 Å². The number of aromatic nitrogens is 3. The number of carbonyl (C=O) groups excluding carboxylic acids is 1. The quantitative estimate of drug-likeness (QED) is 0.656. The normalized spacial score (nSPS) is 10.3. The van der Waals surface area contributed by atoms with E-state index in [9.17, 15) is 4.79 Å². The molecule has 0 aliphatic heterocycles. The summed E-state index contributed by atoms with van der Waals surface area (Å²) in [5, 5.41) is 3.80. The highest BCUT2D eigenvalue weighted by molar-refractivity contribution is 14.1. The summed E-state index contributed by atoms with van der Waals surface area (Å²) < 4.78 is 7.59. The van der Waals surface area contributed by atoms with Crippen LogP contribution in [-0.4, -0.2) is 20.7 Å². The lowest BCUT2D eigenvalue weighted by molar-refractivity contribution is -0.145. The summed E-state index contributed by atoms with van der Waals surface area (Å²) in [5.74, 6) is -0.237.